The molecule has 0 spiro atoms. The Bertz CT molecular complexity index is 288. The number of nitrogens with two attached hydrogens (primary N) is 1. The summed E-state index contributed by atoms with van der Waals surface area (Å²) in [5.41, 5.74) is 7.05. The highest BCUT2D eigenvalue weighted by molar-refractivity contribution is 7.99. The molecule has 2 atom stereocenters. The second-order valence-electron chi connectivity index (χ2n) is 3.63. The maximum absolute atomic E-state index is 9.19. The summed E-state index contributed by atoms with van der Waals surface area (Å²) in [5.74, 6) is 1.75. The van der Waals surface area contributed by atoms with Gasteiger partial charge in [-0.3, -0.25) is 0 Å². The summed E-state index contributed by atoms with van der Waals surface area (Å²) < 4.78 is 5.33. The molecule has 0 aromatic carbocycles. The van der Waals surface area contributed by atoms with Crippen LogP contribution in [0.3, 0.4) is 0 Å². The molecular weight excluding hydrogens is 210 g/mol. The molecule has 0 radical (unpaired) electrons. The molecule has 0 bridgehead atoms. The first-order chi connectivity index (χ1) is 7.19. The Labute approximate surface area is 95.0 Å². The summed E-state index contributed by atoms with van der Waals surface area (Å²) in [6, 6.07) is 2.00. The Hall–Kier alpha value is -0.450. The lowest BCUT2D eigenvalue weighted by molar-refractivity contribution is 0.281. The minimum atomic E-state index is 0.0512. The van der Waals surface area contributed by atoms with Crippen LogP contribution in [0.5, 0.6) is 0 Å². The van der Waals surface area contributed by atoms with Crippen LogP contribution >= 0.6 is 11.8 Å². The molecule has 3 N–H and O–H groups in total. The van der Waals surface area contributed by atoms with E-state index in [0.29, 0.717) is 0 Å². The van der Waals surface area contributed by atoms with Crippen molar-refractivity contribution >= 4 is 11.8 Å². The predicted molar refractivity (Wildman–Crippen MR) is 63.9 cm³/mol. The molecule has 4 heteroatoms. The first-order valence-corrected chi connectivity index (χ1v) is 6.25. The Balaban J connectivity index is 2.44. The van der Waals surface area contributed by atoms with E-state index in [2.05, 4.69) is 0 Å². The number of rotatable bonds is 6. The van der Waals surface area contributed by atoms with E-state index in [0.717, 1.165) is 23.5 Å². The van der Waals surface area contributed by atoms with E-state index in [4.69, 9.17) is 10.2 Å². The molecule has 86 valence electrons. The van der Waals surface area contributed by atoms with Gasteiger partial charge in [-0.25, -0.2) is 0 Å². The van der Waals surface area contributed by atoms with Gasteiger partial charge in [0.15, 0.2) is 0 Å². The fourth-order valence-corrected chi connectivity index (χ4v) is 2.52. The zero-order valence-corrected chi connectivity index (χ0v) is 10.1. The van der Waals surface area contributed by atoms with Crippen LogP contribution in [0.25, 0.3) is 0 Å². The normalized spacial score (nSPS) is 15.2. The van der Waals surface area contributed by atoms with Gasteiger partial charge in [0.2, 0.25) is 0 Å². The zero-order valence-electron chi connectivity index (χ0n) is 9.27. The van der Waals surface area contributed by atoms with Gasteiger partial charge in [0.1, 0.15) is 5.76 Å². The molecule has 1 aromatic rings. The van der Waals surface area contributed by atoms with Gasteiger partial charge in [-0.1, -0.05) is 6.92 Å². The lowest BCUT2D eigenvalue weighted by Gasteiger charge is -2.19. The van der Waals surface area contributed by atoms with E-state index in [1.165, 1.54) is 0 Å². The van der Waals surface area contributed by atoms with Crippen molar-refractivity contribution in [1.82, 2.24) is 0 Å². The van der Waals surface area contributed by atoms with E-state index in [1.807, 2.05) is 19.9 Å². The SMILES string of the molecule is CCC(N)C(CO)SCc1occc1C. The summed E-state index contributed by atoms with van der Waals surface area (Å²) in [4.78, 5) is 0. The van der Waals surface area contributed by atoms with Gasteiger partial charge in [0.05, 0.1) is 18.6 Å². The smallest absolute Gasteiger partial charge is 0.116 e. The van der Waals surface area contributed by atoms with Gasteiger partial charge in [-0.15, -0.1) is 11.8 Å². The van der Waals surface area contributed by atoms with E-state index in [1.54, 1.807) is 18.0 Å². The van der Waals surface area contributed by atoms with Crippen LogP contribution in [0.2, 0.25) is 0 Å². The Morgan fingerprint density at radius 1 is 1.60 bits per heavy atom. The van der Waals surface area contributed by atoms with E-state index >= 15 is 0 Å². The number of furan rings is 1. The second kappa shape index (κ2) is 6.20. The molecule has 0 saturated carbocycles. The average molecular weight is 229 g/mol. The van der Waals surface area contributed by atoms with E-state index in [-0.39, 0.29) is 17.9 Å². The standard InChI is InChI=1S/C11H19NO2S/c1-3-9(12)11(6-13)15-7-10-8(2)4-5-14-10/h4-5,9,11,13H,3,6-7,12H2,1-2H3. The number of aliphatic hydroxyl groups excluding tert-OH is 1. The molecule has 0 amide bonds. The van der Waals surface area contributed by atoms with Gasteiger partial charge in [0.25, 0.3) is 0 Å². The maximum atomic E-state index is 9.19. The summed E-state index contributed by atoms with van der Waals surface area (Å²) >= 11 is 1.66. The van der Waals surface area contributed by atoms with Crippen molar-refractivity contribution in [2.24, 2.45) is 5.73 Å². The van der Waals surface area contributed by atoms with Crippen molar-refractivity contribution in [2.75, 3.05) is 6.61 Å². The molecule has 1 rings (SSSR count). The maximum Gasteiger partial charge on any atom is 0.116 e. The monoisotopic (exact) mass is 229 g/mol. The molecule has 0 aliphatic heterocycles. The van der Waals surface area contributed by atoms with Crippen molar-refractivity contribution in [1.29, 1.82) is 0 Å². The molecule has 1 heterocycles. The van der Waals surface area contributed by atoms with Gasteiger partial charge >= 0.3 is 0 Å². The molecule has 0 fully saturated rings. The summed E-state index contributed by atoms with van der Waals surface area (Å²) in [6.45, 7) is 4.18. The van der Waals surface area contributed by atoms with Gasteiger partial charge in [0, 0.05) is 11.3 Å². The van der Waals surface area contributed by atoms with E-state index in [9.17, 15) is 5.11 Å². The predicted octanol–water partition coefficient (Wildman–Crippen LogP) is 1.92. The van der Waals surface area contributed by atoms with Crippen molar-refractivity contribution in [3.05, 3.63) is 23.7 Å². The first-order valence-electron chi connectivity index (χ1n) is 5.20. The van der Waals surface area contributed by atoms with Crippen molar-refractivity contribution in [2.45, 2.75) is 37.3 Å². The topological polar surface area (TPSA) is 59.4 Å². The van der Waals surface area contributed by atoms with Crippen LogP contribution in [0, 0.1) is 6.92 Å². The zero-order chi connectivity index (χ0) is 11.3. The molecule has 0 aliphatic rings. The van der Waals surface area contributed by atoms with Crippen molar-refractivity contribution in [3.8, 4) is 0 Å². The van der Waals surface area contributed by atoms with Crippen molar-refractivity contribution < 1.29 is 9.52 Å². The minimum absolute atomic E-state index is 0.0512. The van der Waals surface area contributed by atoms with Crippen LogP contribution in [0.4, 0.5) is 0 Å². The highest BCUT2D eigenvalue weighted by atomic mass is 32.2. The molecule has 3 nitrogen and oxygen atoms in total. The average Bonchev–Trinajstić information content (AvgIpc) is 2.65. The number of hydrogen-bond acceptors (Lipinski definition) is 4. The Kier molecular flexibility index (Phi) is 5.22. The molecular formula is C11H19NO2S. The van der Waals surface area contributed by atoms with Gasteiger partial charge in [-0.05, 0) is 25.0 Å². The van der Waals surface area contributed by atoms with Crippen LogP contribution in [0.1, 0.15) is 24.7 Å². The fraction of sp³-hybridized carbons (Fsp3) is 0.636. The van der Waals surface area contributed by atoms with Crippen LogP contribution in [0.15, 0.2) is 16.7 Å². The van der Waals surface area contributed by atoms with E-state index < -0.39 is 0 Å². The highest BCUT2D eigenvalue weighted by Gasteiger charge is 2.16. The molecule has 0 aliphatic carbocycles. The fourth-order valence-electron chi connectivity index (χ4n) is 1.31. The van der Waals surface area contributed by atoms with Gasteiger partial charge < -0.3 is 15.3 Å². The first kappa shape index (κ1) is 12.6. The third-order valence-electron chi connectivity index (χ3n) is 2.53. The summed E-state index contributed by atoms with van der Waals surface area (Å²) in [6.07, 6.45) is 2.58. The summed E-state index contributed by atoms with van der Waals surface area (Å²) in [7, 11) is 0. The highest BCUT2D eigenvalue weighted by Crippen LogP contribution is 2.23. The van der Waals surface area contributed by atoms with Crippen LogP contribution in [-0.2, 0) is 5.75 Å². The largest absolute Gasteiger partial charge is 0.468 e. The number of aliphatic hydroxyl groups is 1. The lowest BCUT2D eigenvalue weighted by Crippen LogP contribution is -2.34. The lowest BCUT2D eigenvalue weighted by atomic mass is 10.2. The number of hydrogen-bond donors (Lipinski definition) is 2. The second-order valence-corrected chi connectivity index (χ2v) is 4.86. The van der Waals surface area contributed by atoms with Crippen LogP contribution < -0.4 is 5.73 Å². The third kappa shape index (κ3) is 3.55. The molecule has 2 unspecified atom stereocenters. The quantitative estimate of drug-likeness (QED) is 0.782. The van der Waals surface area contributed by atoms with Crippen LogP contribution in [-0.4, -0.2) is 23.0 Å². The summed E-state index contributed by atoms with van der Waals surface area (Å²) in [5, 5.41) is 9.29. The molecule has 0 saturated heterocycles. The number of aryl methyl sites for hydroxylation is 1. The Morgan fingerprint density at radius 3 is 2.80 bits per heavy atom. The number of thioether (sulfide) groups is 1. The van der Waals surface area contributed by atoms with Gasteiger partial charge in [-0.2, -0.15) is 0 Å². The minimum Gasteiger partial charge on any atom is -0.468 e. The molecule has 15 heavy (non-hydrogen) atoms. The van der Waals surface area contributed by atoms with Crippen molar-refractivity contribution in [3.63, 3.8) is 0 Å². The third-order valence-corrected chi connectivity index (χ3v) is 3.88. The molecule has 1 aromatic heterocycles. The Morgan fingerprint density at radius 2 is 2.33 bits per heavy atom.